The fourth-order valence-electron chi connectivity index (χ4n) is 2.28. The third-order valence-corrected chi connectivity index (χ3v) is 3.13. The number of pyridine rings is 1. The first-order chi connectivity index (χ1) is 9.16. The summed E-state index contributed by atoms with van der Waals surface area (Å²) in [6.45, 7) is 2.82. The van der Waals surface area contributed by atoms with Crippen molar-refractivity contribution in [2.24, 2.45) is 0 Å². The maximum absolute atomic E-state index is 11.2. The van der Waals surface area contributed by atoms with Gasteiger partial charge in [-0.1, -0.05) is 0 Å². The van der Waals surface area contributed by atoms with Crippen LogP contribution in [-0.2, 0) is 17.8 Å². The molecule has 0 bridgehead atoms. The Morgan fingerprint density at radius 1 is 1.47 bits per heavy atom. The Labute approximate surface area is 109 Å². The third kappa shape index (κ3) is 2.00. The highest BCUT2D eigenvalue weighted by Gasteiger charge is 2.25. The van der Waals surface area contributed by atoms with Gasteiger partial charge in [-0.25, -0.2) is 9.48 Å². The van der Waals surface area contributed by atoms with Gasteiger partial charge in [0.1, 0.15) is 0 Å². The minimum atomic E-state index is -1.03. The van der Waals surface area contributed by atoms with Crippen LogP contribution in [0.4, 0.5) is 0 Å². The molecule has 1 aliphatic heterocycles. The van der Waals surface area contributed by atoms with Gasteiger partial charge < -0.3 is 9.84 Å². The lowest BCUT2D eigenvalue weighted by Crippen LogP contribution is -2.13. The molecule has 0 fully saturated rings. The summed E-state index contributed by atoms with van der Waals surface area (Å²) >= 11 is 0. The van der Waals surface area contributed by atoms with Gasteiger partial charge in [0.25, 0.3) is 0 Å². The van der Waals surface area contributed by atoms with E-state index in [0.29, 0.717) is 25.2 Å². The summed E-state index contributed by atoms with van der Waals surface area (Å²) in [4.78, 5) is 15.4. The average molecular weight is 259 g/mol. The van der Waals surface area contributed by atoms with Crippen LogP contribution in [0.3, 0.4) is 0 Å². The number of carbonyl (C=O) groups is 1. The third-order valence-electron chi connectivity index (χ3n) is 3.13. The van der Waals surface area contributed by atoms with Gasteiger partial charge in [-0.05, 0) is 18.6 Å². The van der Waals surface area contributed by atoms with Crippen LogP contribution < -0.4 is 0 Å². The van der Waals surface area contributed by atoms with Gasteiger partial charge in [-0.3, -0.25) is 4.98 Å². The van der Waals surface area contributed by atoms with Gasteiger partial charge in [0.2, 0.25) is 0 Å². The number of hydrogen-bond donors (Lipinski definition) is 1. The molecule has 2 aromatic heterocycles. The molecule has 3 rings (SSSR count). The molecule has 0 saturated heterocycles. The zero-order chi connectivity index (χ0) is 13.4. The van der Waals surface area contributed by atoms with E-state index in [0.717, 1.165) is 16.9 Å². The van der Waals surface area contributed by atoms with Crippen molar-refractivity contribution in [2.75, 3.05) is 6.61 Å². The second kappa shape index (κ2) is 4.47. The van der Waals surface area contributed by atoms with Crippen LogP contribution in [0.2, 0.25) is 0 Å². The summed E-state index contributed by atoms with van der Waals surface area (Å²) in [7, 11) is 0. The number of aromatic carboxylic acids is 1. The quantitative estimate of drug-likeness (QED) is 0.880. The summed E-state index contributed by atoms with van der Waals surface area (Å²) < 4.78 is 7.00. The Bertz CT molecular complexity index is 649. The second-order valence-corrected chi connectivity index (χ2v) is 4.51. The first kappa shape index (κ1) is 11.9. The zero-order valence-corrected chi connectivity index (χ0v) is 10.5. The predicted octanol–water partition coefficient (Wildman–Crippen LogP) is 1.35. The number of hydrogen-bond acceptors (Lipinski definition) is 4. The number of carboxylic acid groups (broad SMARTS) is 1. The number of aryl methyl sites for hydroxylation is 1. The fourth-order valence-corrected chi connectivity index (χ4v) is 2.28. The molecule has 0 atom stereocenters. The predicted molar refractivity (Wildman–Crippen MR) is 66.4 cm³/mol. The molecular formula is C13H13N3O3. The highest BCUT2D eigenvalue weighted by molar-refractivity contribution is 5.87. The van der Waals surface area contributed by atoms with E-state index in [2.05, 4.69) is 10.1 Å². The van der Waals surface area contributed by atoms with E-state index in [1.165, 1.54) is 0 Å². The summed E-state index contributed by atoms with van der Waals surface area (Å²) in [6.07, 6.45) is 4.09. The van der Waals surface area contributed by atoms with Gasteiger partial charge in [0, 0.05) is 18.2 Å². The topological polar surface area (TPSA) is 77.2 Å². The van der Waals surface area contributed by atoms with E-state index in [1.54, 1.807) is 17.1 Å². The van der Waals surface area contributed by atoms with Gasteiger partial charge >= 0.3 is 5.97 Å². The van der Waals surface area contributed by atoms with Crippen molar-refractivity contribution >= 4 is 5.97 Å². The van der Waals surface area contributed by atoms with E-state index in [4.69, 9.17) is 4.74 Å². The molecule has 98 valence electrons. The maximum atomic E-state index is 11.2. The number of ether oxygens (including phenoxy) is 1. The maximum Gasteiger partial charge on any atom is 0.356 e. The molecule has 0 aromatic carbocycles. The van der Waals surface area contributed by atoms with Crippen LogP contribution >= 0.6 is 0 Å². The van der Waals surface area contributed by atoms with Crippen LogP contribution in [0.15, 0.2) is 18.5 Å². The van der Waals surface area contributed by atoms with Gasteiger partial charge in [-0.15, -0.1) is 0 Å². The summed E-state index contributed by atoms with van der Waals surface area (Å²) in [5, 5.41) is 13.4. The fraction of sp³-hybridized carbons (Fsp3) is 0.308. The molecule has 6 nitrogen and oxygen atoms in total. The van der Waals surface area contributed by atoms with Crippen LogP contribution in [-0.4, -0.2) is 32.4 Å². The highest BCUT2D eigenvalue weighted by atomic mass is 16.5. The first-order valence-electron chi connectivity index (χ1n) is 6.00. The zero-order valence-electron chi connectivity index (χ0n) is 10.5. The lowest BCUT2D eigenvalue weighted by Gasteiger charge is -2.14. The Morgan fingerprint density at radius 3 is 3.05 bits per heavy atom. The molecule has 0 aliphatic carbocycles. The van der Waals surface area contributed by atoms with Gasteiger partial charge in [-0.2, -0.15) is 5.10 Å². The van der Waals surface area contributed by atoms with Crippen molar-refractivity contribution < 1.29 is 14.6 Å². The molecule has 19 heavy (non-hydrogen) atoms. The molecule has 1 N–H and O–H groups in total. The second-order valence-electron chi connectivity index (χ2n) is 4.51. The van der Waals surface area contributed by atoms with E-state index in [-0.39, 0.29) is 5.69 Å². The first-order valence-corrected chi connectivity index (χ1v) is 6.00. The number of aromatic nitrogens is 3. The molecule has 0 spiro atoms. The highest BCUT2D eigenvalue weighted by Crippen LogP contribution is 2.24. The molecule has 3 heterocycles. The molecule has 1 aliphatic rings. The van der Waals surface area contributed by atoms with Crippen LogP contribution in [0, 0.1) is 6.92 Å². The van der Waals surface area contributed by atoms with Crippen molar-refractivity contribution in [2.45, 2.75) is 20.0 Å². The lowest BCUT2D eigenvalue weighted by molar-refractivity contribution is 0.0677. The van der Waals surface area contributed by atoms with E-state index in [9.17, 15) is 9.90 Å². The lowest BCUT2D eigenvalue weighted by atomic mass is 10.1. The SMILES string of the molecule is Cc1cncc(-n2nc(C(=O)O)c3c2CCOC3)c1. The number of carboxylic acids is 1. The minimum Gasteiger partial charge on any atom is -0.476 e. The van der Waals surface area contributed by atoms with E-state index >= 15 is 0 Å². The van der Waals surface area contributed by atoms with Crippen molar-refractivity contribution in [1.29, 1.82) is 0 Å². The average Bonchev–Trinajstić information content (AvgIpc) is 2.78. The minimum absolute atomic E-state index is 0.0659. The Morgan fingerprint density at radius 2 is 2.32 bits per heavy atom. The van der Waals surface area contributed by atoms with Gasteiger partial charge in [0.05, 0.1) is 30.8 Å². The van der Waals surface area contributed by atoms with Crippen molar-refractivity contribution in [3.05, 3.63) is 41.0 Å². The number of nitrogens with zero attached hydrogens (tertiary/aromatic N) is 3. The van der Waals surface area contributed by atoms with Crippen LogP contribution in [0.1, 0.15) is 27.3 Å². The van der Waals surface area contributed by atoms with Crippen LogP contribution in [0.25, 0.3) is 5.69 Å². The molecule has 0 saturated carbocycles. The Hall–Kier alpha value is -2.21. The number of rotatable bonds is 2. The monoisotopic (exact) mass is 259 g/mol. The summed E-state index contributed by atoms with van der Waals surface area (Å²) in [6, 6.07) is 1.93. The summed E-state index contributed by atoms with van der Waals surface area (Å²) in [5.41, 5.74) is 3.42. The van der Waals surface area contributed by atoms with Crippen molar-refractivity contribution in [1.82, 2.24) is 14.8 Å². The largest absolute Gasteiger partial charge is 0.476 e. The van der Waals surface area contributed by atoms with Crippen molar-refractivity contribution in [3.8, 4) is 5.69 Å². The molecule has 0 amide bonds. The smallest absolute Gasteiger partial charge is 0.356 e. The molecular weight excluding hydrogens is 246 g/mol. The molecule has 0 radical (unpaired) electrons. The van der Waals surface area contributed by atoms with Crippen LogP contribution in [0.5, 0.6) is 0 Å². The summed E-state index contributed by atoms with van der Waals surface area (Å²) in [5.74, 6) is -1.03. The normalized spacial score (nSPS) is 14.2. The molecule has 2 aromatic rings. The Kier molecular flexibility index (Phi) is 2.79. The number of fused-ring (bicyclic) bond motifs is 1. The van der Waals surface area contributed by atoms with E-state index in [1.807, 2.05) is 13.0 Å². The Balaban J connectivity index is 2.19. The molecule has 0 unspecified atom stereocenters. The molecule has 6 heteroatoms. The van der Waals surface area contributed by atoms with E-state index < -0.39 is 5.97 Å². The standard InChI is InChI=1S/C13H13N3O3/c1-8-4-9(6-14-5-8)16-11-2-3-19-7-10(11)12(15-16)13(17)18/h4-6H,2-3,7H2,1H3,(H,17,18). The van der Waals surface area contributed by atoms with Crippen molar-refractivity contribution in [3.63, 3.8) is 0 Å². The van der Waals surface area contributed by atoms with Gasteiger partial charge in [0.15, 0.2) is 5.69 Å².